The molecule has 0 aromatic heterocycles. The van der Waals surface area contributed by atoms with Gasteiger partial charge in [0.05, 0.1) is 0 Å². The lowest BCUT2D eigenvalue weighted by Crippen LogP contribution is -2.29. The zero-order chi connectivity index (χ0) is 20.6. The van der Waals surface area contributed by atoms with Crippen LogP contribution in [0.5, 0.6) is 5.75 Å². The van der Waals surface area contributed by atoms with Crippen molar-refractivity contribution >= 4 is 5.91 Å². The summed E-state index contributed by atoms with van der Waals surface area (Å²) in [4.78, 5) is 14.8. The van der Waals surface area contributed by atoms with Gasteiger partial charge >= 0.3 is 0 Å². The van der Waals surface area contributed by atoms with Crippen LogP contribution in [0.2, 0.25) is 0 Å². The van der Waals surface area contributed by atoms with Crippen LogP contribution in [0.1, 0.15) is 61.3 Å². The van der Waals surface area contributed by atoms with Crippen molar-refractivity contribution in [3.8, 4) is 5.75 Å². The Kier molecular flexibility index (Phi) is 7.70. The molecule has 0 radical (unpaired) electrons. The summed E-state index contributed by atoms with van der Waals surface area (Å²) in [5, 5.41) is 2.96. The van der Waals surface area contributed by atoms with Crippen molar-refractivity contribution < 1.29 is 9.53 Å². The first-order valence-electron chi connectivity index (χ1n) is 10.8. The van der Waals surface area contributed by atoms with E-state index in [9.17, 15) is 4.79 Å². The van der Waals surface area contributed by atoms with Gasteiger partial charge in [-0.3, -0.25) is 9.69 Å². The normalized spacial score (nSPS) is 14.8. The number of carbonyl (C=O) groups excluding carboxylic acids is 1. The number of hydrogen-bond donors (Lipinski definition) is 1. The van der Waals surface area contributed by atoms with Crippen molar-refractivity contribution in [2.75, 3.05) is 19.7 Å². The van der Waals surface area contributed by atoms with E-state index < -0.39 is 0 Å². The highest BCUT2D eigenvalue weighted by molar-refractivity contribution is 5.77. The van der Waals surface area contributed by atoms with Crippen LogP contribution < -0.4 is 10.1 Å². The molecule has 1 fully saturated rings. The second-order valence-electron chi connectivity index (χ2n) is 8.41. The fraction of sp³-hybridized carbons (Fsp3) is 0.480. The number of likely N-dealkylation sites (tertiary alicyclic amines) is 1. The molecule has 1 heterocycles. The zero-order valence-electron chi connectivity index (χ0n) is 18.0. The van der Waals surface area contributed by atoms with Crippen LogP contribution in [0.4, 0.5) is 0 Å². The van der Waals surface area contributed by atoms with E-state index in [1.165, 1.54) is 37.9 Å². The Morgan fingerprint density at radius 1 is 1.03 bits per heavy atom. The minimum atomic E-state index is -0.0985. The largest absolute Gasteiger partial charge is 0.483 e. The molecule has 3 rings (SSSR count). The molecule has 2 aromatic rings. The van der Waals surface area contributed by atoms with Gasteiger partial charge < -0.3 is 10.1 Å². The van der Waals surface area contributed by atoms with E-state index in [0.29, 0.717) is 12.5 Å². The highest BCUT2D eigenvalue weighted by atomic mass is 16.5. The third-order valence-corrected chi connectivity index (χ3v) is 5.52. The maximum absolute atomic E-state index is 12.2. The first kappa shape index (κ1) is 21.4. The number of ether oxygens (including phenoxy) is 1. The zero-order valence-corrected chi connectivity index (χ0v) is 18.0. The van der Waals surface area contributed by atoms with E-state index in [4.69, 9.17) is 4.74 Å². The molecule has 1 amide bonds. The Bertz CT molecular complexity index is 793. The molecule has 1 saturated heterocycles. The summed E-state index contributed by atoms with van der Waals surface area (Å²) in [6.45, 7) is 10.3. The molecule has 0 spiro atoms. The Morgan fingerprint density at radius 2 is 1.72 bits per heavy atom. The molecular formula is C25H34N2O2. The van der Waals surface area contributed by atoms with Crippen molar-refractivity contribution in [1.82, 2.24) is 10.2 Å². The number of nitrogens with zero attached hydrogens (tertiary/aromatic N) is 1. The van der Waals surface area contributed by atoms with Crippen LogP contribution in [-0.2, 0) is 17.9 Å². The highest BCUT2D eigenvalue weighted by Gasteiger charge is 2.11. The lowest BCUT2D eigenvalue weighted by Gasteiger charge is -2.26. The third kappa shape index (κ3) is 6.60. The predicted molar refractivity (Wildman–Crippen MR) is 118 cm³/mol. The molecule has 1 aliphatic rings. The van der Waals surface area contributed by atoms with Crippen LogP contribution in [0, 0.1) is 6.92 Å². The SMILES string of the molecule is Cc1ccc(C(C)C)c(OCC(=O)NCc2ccc(CN3CCCCC3)cc2)c1. The van der Waals surface area contributed by atoms with Gasteiger partial charge in [0.2, 0.25) is 0 Å². The van der Waals surface area contributed by atoms with Gasteiger partial charge in [-0.1, -0.05) is 56.7 Å². The Labute approximate surface area is 175 Å². The molecule has 0 aliphatic carbocycles. The summed E-state index contributed by atoms with van der Waals surface area (Å²) in [6.07, 6.45) is 3.99. The molecule has 1 aliphatic heterocycles. The second kappa shape index (κ2) is 10.4. The quantitative estimate of drug-likeness (QED) is 0.699. The van der Waals surface area contributed by atoms with Gasteiger partial charge in [-0.25, -0.2) is 0 Å². The minimum absolute atomic E-state index is 0.0379. The standard InChI is InChI=1S/C25H34N2O2/c1-19(2)23-12-7-20(3)15-24(23)29-18-25(28)26-16-21-8-10-22(11-9-21)17-27-13-5-4-6-14-27/h7-12,15,19H,4-6,13-14,16-18H2,1-3H3,(H,26,28). The van der Waals surface area contributed by atoms with E-state index in [0.717, 1.165) is 29.0 Å². The average Bonchev–Trinajstić information content (AvgIpc) is 2.72. The number of piperidine rings is 1. The summed E-state index contributed by atoms with van der Waals surface area (Å²) < 4.78 is 5.82. The minimum Gasteiger partial charge on any atom is -0.483 e. The summed E-state index contributed by atoms with van der Waals surface area (Å²) in [7, 11) is 0. The van der Waals surface area contributed by atoms with Crippen molar-refractivity contribution in [2.24, 2.45) is 0 Å². The molecule has 156 valence electrons. The Balaban J connectivity index is 1.45. The van der Waals surface area contributed by atoms with Gasteiger partial charge in [-0.2, -0.15) is 0 Å². The third-order valence-electron chi connectivity index (χ3n) is 5.52. The van der Waals surface area contributed by atoms with Gasteiger partial charge in [0.25, 0.3) is 5.91 Å². The maximum Gasteiger partial charge on any atom is 0.258 e. The molecule has 0 atom stereocenters. The van der Waals surface area contributed by atoms with Gasteiger partial charge in [0.1, 0.15) is 5.75 Å². The number of nitrogens with one attached hydrogen (secondary N) is 1. The average molecular weight is 395 g/mol. The van der Waals surface area contributed by atoms with E-state index in [2.05, 4.69) is 60.5 Å². The van der Waals surface area contributed by atoms with Crippen LogP contribution in [-0.4, -0.2) is 30.5 Å². The van der Waals surface area contributed by atoms with Gasteiger partial charge in [-0.05, 0) is 67.1 Å². The fourth-order valence-corrected chi connectivity index (χ4v) is 3.78. The first-order valence-corrected chi connectivity index (χ1v) is 10.8. The first-order chi connectivity index (χ1) is 14.0. The number of carbonyl (C=O) groups is 1. The molecule has 0 unspecified atom stereocenters. The molecule has 1 N–H and O–H groups in total. The molecular weight excluding hydrogens is 360 g/mol. The topological polar surface area (TPSA) is 41.6 Å². The van der Waals surface area contributed by atoms with Gasteiger partial charge in [-0.15, -0.1) is 0 Å². The highest BCUT2D eigenvalue weighted by Crippen LogP contribution is 2.27. The van der Waals surface area contributed by atoms with Crippen molar-refractivity contribution in [3.63, 3.8) is 0 Å². The summed E-state index contributed by atoms with van der Waals surface area (Å²) in [6, 6.07) is 14.7. The summed E-state index contributed by atoms with van der Waals surface area (Å²) in [5.74, 6) is 1.06. The second-order valence-corrected chi connectivity index (χ2v) is 8.41. The molecule has 29 heavy (non-hydrogen) atoms. The lowest BCUT2D eigenvalue weighted by atomic mass is 10.0. The van der Waals surface area contributed by atoms with Crippen LogP contribution in [0.15, 0.2) is 42.5 Å². The number of aryl methyl sites for hydroxylation is 1. The number of hydrogen-bond acceptors (Lipinski definition) is 3. The molecule has 0 saturated carbocycles. The molecule has 4 nitrogen and oxygen atoms in total. The molecule has 2 aromatic carbocycles. The van der Waals surface area contributed by atoms with E-state index in [1.54, 1.807) is 0 Å². The summed E-state index contributed by atoms with van der Waals surface area (Å²) in [5.41, 5.74) is 4.72. The Hall–Kier alpha value is -2.33. The smallest absolute Gasteiger partial charge is 0.258 e. The predicted octanol–water partition coefficient (Wildman–Crippen LogP) is 4.80. The van der Waals surface area contributed by atoms with E-state index in [1.807, 2.05) is 13.0 Å². The fourth-order valence-electron chi connectivity index (χ4n) is 3.78. The monoisotopic (exact) mass is 394 g/mol. The van der Waals surface area contributed by atoms with E-state index in [-0.39, 0.29) is 12.5 Å². The lowest BCUT2D eigenvalue weighted by molar-refractivity contribution is -0.123. The van der Waals surface area contributed by atoms with Gasteiger partial charge in [0.15, 0.2) is 6.61 Å². The van der Waals surface area contributed by atoms with Crippen molar-refractivity contribution in [2.45, 2.75) is 59.0 Å². The number of rotatable bonds is 8. The van der Waals surface area contributed by atoms with E-state index >= 15 is 0 Å². The summed E-state index contributed by atoms with van der Waals surface area (Å²) >= 11 is 0. The van der Waals surface area contributed by atoms with Crippen LogP contribution in [0.3, 0.4) is 0 Å². The maximum atomic E-state index is 12.2. The molecule has 0 bridgehead atoms. The molecule has 4 heteroatoms. The van der Waals surface area contributed by atoms with Crippen molar-refractivity contribution in [1.29, 1.82) is 0 Å². The number of amides is 1. The number of benzene rings is 2. The van der Waals surface area contributed by atoms with Gasteiger partial charge in [0, 0.05) is 13.1 Å². The van der Waals surface area contributed by atoms with Crippen LogP contribution >= 0.6 is 0 Å². The Morgan fingerprint density at radius 3 is 2.41 bits per heavy atom. The van der Waals surface area contributed by atoms with Crippen molar-refractivity contribution in [3.05, 3.63) is 64.7 Å². The van der Waals surface area contributed by atoms with Crippen LogP contribution in [0.25, 0.3) is 0 Å².